The van der Waals surface area contributed by atoms with E-state index in [1.807, 2.05) is 11.6 Å². The number of hydrogen-bond acceptors (Lipinski definition) is 6. The summed E-state index contributed by atoms with van der Waals surface area (Å²) in [6, 6.07) is 0.432. The van der Waals surface area contributed by atoms with Crippen LogP contribution in [0, 0.1) is 6.92 Å². The van der Waals surface area contributed by atoms with Gasteiger partial charge in [0.25, 0.3) is 5.91 Å². The molecule has 0 unspecified atom stereocenters. The van der Waals surface area contributed by atoms with E-state index in [-0.39, 0.29) is 12.3 Å². The highest BCUT2D eigenvalue weighted by Crippen LogP contribution is 2.29. The molecule has 1 fully saturated rings. The lowest BCUT2D eigenvalue weighted by atomic mass is 9.95. The number of halogens is 3. The molecule has 8 nitrogen and oxygen atoms in total. The molecule has 0 aliphatic heterocycles. The molecular formula is C18H26F3N3O5S2. The monoisotopic (exact) mass is 485 g/mol. The largest absolute Gasteiger partial charge is 0.490 e. The number of carbonyl (C=O) groups excluding carboxylic acids is 1. The lowest BCUT2D eigenvalue weighted by molar-refractivity contribution is -0.192. The molecule has 0 saturated heterocycles. The van der Waals surface area contributed by atoms with Crippen LogP contribution in [0.4, 0.5) is 13.2 Å². The van der Waals surface area contributed by atoms with E-state index in [0.29, 0.717) is 23.9 Å². The van der Waals surface area contributed by atoms with Crippen molar-refractivity contribution in [1.29, 1.82) is 0 Å². The van der Waals surface area contributed by atoms with E-state index in [9.17, 15) is 22.8 Å². The van der Waals surface area contributed by atoms with Gasteiger partial charge in [0.05, 0.1) is 24.2 Å². The molecule has 1 aliphatic carbocycles. The topological polar surface area (TPSA) is 122 Å². The van der Waals surface area contributed by atoms with Crippen LogP contribution in [0.1, 0.15) is 60.6 Å². The van der Waals surface area contributed by atoms with Crippen molar-refractivity contribution in [2.24, 2.45) is 0 Å². The Morgan fingerprint density at radius 1 is 1.16 bits per heavy atom. The Bertz CT molecular complexity index is 738. The molecule has 1 aromatic rings. The Balaban J connectivity index is 0.000000592. The third-order valence-corrected chi connectivity index (χ3v) is 6.81. The van der Waals surface area contributed by atoms with Gasteiger partial charge in [-0.3, -0.25) is 14.3 Å². The van der Waals surface area contributed by atoms with E-state index in [1.165, 1.54) is 30.1 Å². The number of alkyl halides is 3. The molecule has 1 heterocycles. The number of carboxylic acid groups (broad SMARTS) is 2. The maximum Gasteiger partial charge on any atom is 0.490 e. The molecular weight excluding hydrogens is 459 g/mol. The fraction of sp³-hybridized carbons (Fsp3) is 0.667. The van der Waals surface area contributed by atoms with Crippen LogP contribution in [0.5, 0.6) is 0 Å². The minimum absolute atomic E-state index is 0.0781. The lowest BCUT2D eigenvalue weighted by Crippen LogP contribution is -2.26. The average molecular weight is 486 g/mol. The van der Waals surface area contributed by atoms with Gasteiger partial charge in [-0.25, -0.2) is 4.79 Å². The van der Waals surface area contributed by atoms with E-state index >= 15 is 0 Å². The summed E-state index contributed by atoms with van der Waals surface area (Å²) < 4.78 is 33.8. The SMILES string of the molecule is Cc1c(C(=O)NCCSSCCC(=O)O)cnn1C1CCCCC1.O=C(O)C(F)(F)F. The summed E-state index contributed by atoms with van der Waals surface area (Å²) in [7, 11) is 3.11. The summed E-state index contributed by atoms with van der Waals surface area (Å²) in [5.41, 5.74) is 1.60. The molecule has 0 aromatic carbocycles. The van der Waals surface area contributed by atoms with Gasteiger partial charge < -0.3 is 15.5 Å². The lowest BCUT2D eigenvalue weighted by Gasteiger charge is -2.23. The van der Waals surface area contributed by atoms with Crippen molar-refractivity contribution in [3.05, 3.63) is 17.5 Å². The number of hydrogen-bond donors (Lipinski definition) is 3. The number of aliphatic carboxylic acids is 2. The Kier molecular flexibility index (Phi) is 11.8. The quantitative estimate of drug-likeness (QED) is 0.356. The summed E-state index contributed by atoms with van der Waals surface area (Å²) >= 11 is 0. The molecule has 1 amide bonds. The normalized spacial score (nSPS) is 14.5. The van der Waals surface area contributed by atoms with Crippen molar-refractivity contribution in [2.75, 3.05) is 18.1 Å². The predicted molar refractivity (Wildman–Crippen MR) is 112 cm³/mol. The van der Waals surface area contributed by atoms with E-state index in [2.05, 4.69) is 10.4 Å². The summed E-state index contributed by atoms with van der Waals surface area (Å²) in [5, 5.41) is 23.0. The zero-order valence-electron chi connectivity index (χ0n) is 17.0. The fourth-order valence-corrected chi connectivity index (χ4v) is 4.77. The van der Waals surface area contributed by atoms with Crippen LogP contribution in [-0.4, -0.2) is 62.1 Å². The first-order chi connectivity index (χ1) is 14.5. The van der Waals surface area contributed by atoms with Crippen LogP contribution < -0.4 is 5.32 Å². The highest BCUT2D eigenvalue weighted by Gasteiger charge is 2.38. The highest BCUT2D eigenvalue weighted by molar-refractivity contribution is 8.76. The molecule has 1 saturated carbocycles. The van der Waals surface area contributed by atoms with E-state index in [0.717, 1.165) is 24.3 Å². The number of nitrogens with one attached hydrogen (secondary N) is 1. The maximum atomic E-state index is 12.3. The zero-order valence-corrected chi connectivity index (χ0v) is 18.6. The van der Waals surface area contributed by atoms with Crippen LogP contribution in [-0.2, 0) is 9.59 Å². The standard InChI is InChI=1S/C16H25N3O3S2.C2HF3O2/c1-12-14(11-18-19(12)13-5-3-2-4-6-13)16(22)17-8-10-24-23-9-7-15(20)21;3-2(4,5)1(6)7/h11,13H,2-10H2,1H3,(H,17,22)(H,20,21);(H,6,7). The summed E-state index contributed by atoms with van der Waals surface area (Å²) in [4.78, 5) is 31.6. The number of nitrogens with zero attached hydrogens (tertiary/aromatic N) is 2. The van der Waals surface area contributed by atoms with Crippen molar-refractivity contribution in [3.63, 3.8) is 0 Å². The number of aromatic nitrogens is 2. The van der Waals surface area contributed by atoms with E-state index in [4.69, 9.17) is 15.0 Å². The number of carboxylic acids is 2. The Labute approximate surface area is 185 Å². The minimum atomic E-state index is -5.08. The first kappa shape index (κ1) is 27.1. The van der Waals surface area contributed by atoms with Crippen molar-refractivity contribution < 1.29 is 37.8 Å². The van der Waals surface area contributed by atoms with Gasteiger partial charge in [0.15, 0.2) is 0 Å². The zero-order chi connectivity index (χ0) is 23.4. The maximum absolute atomic E-state index is 12.3. The molecule has 0 bridgehead atoms. The first-order valence-electron chi connectivity index (χ1n) is 9.62. The second-order valence-electron chi connectivity index (χ2n) is 6.73. The number of amides is 1. The Morgan fingerprint density at radius 2 is 1.74 bits per heavy atom. The molecule has 2 rings (SSSR count). The van der Waals surface area contributed by atoms with Crippen molar-refractivity contribution in [2.45, 2.75) is 57.7 Å². The molecule has 176 valence electrons. The van der Waals surface area contributed by atoms with Gasteiger partial charge in [-0.15, -0.1) is 0 Å². The van der Waals surface area contributed by atoms with Crippen molar-refractivity contribution in [1.82, 2.24) is 15.1 Å². The second kappa shape index (κ2) is 13.5. The summed E-state index contributed by atoms with van der Waals surface area (Å²) in [6.07, 6.45) is 2.83. The van der Waals surface area contributed by atoms with E-state index < -0.39 is 18.1 Å². The van der Waals surface area contributed by atoms with E-state index in [1.54, 1.807) is 17.0 Å². The minimum Gasteiger partial charge on any atom is -0.481 e. The second-order valence-corrected chi connectivity index (χ2v) is 9.43. The van der Waals surface area contributed by atoms with Crippen molar-refractivity contribution in [3.8, 4) is 0 Å². The Hall–Kier alpha value is -1.89. The van der Waals surface area contributed by atoms with Crippen LogP contribution in [0.15, 0.2) is 6.20 Å². The number of rotatable bonds is 9. The Morgan fingerprint density at radius 3 is 2.29 bits per heavy atom. The van der Waals surface area contributed by atoms with Crippen LogP contribution >= 0.6 is 21.6 Å². The fourth-order valence-electron chi connectivity index (χ4n) is 2.89. The molecule has 0 spiro atoms. The molecule has 13 heteroatoms. The molecule has 1 aliphatic rings. The third kappa shape index (κ3) is 10.3. The van der Waals surface area contributed by atoms with Gasteiger partial charge >= 0.3 is 18.1 Å². The molecule has 31 heavy (non-hydrogen) atoms. The molecule has 0 radical (unpaired) electrons. The molecule has 3 N–H and O–H groups in total. The van der Waals surface area contributed by atoms with Gasteiger partial charge in [-0.2, -0.15) is 18.3 Å². The van der Waals surface area contributed by atoms with Gasteiger partial charge in [0.2, 0.25) is 0 Å². The first-order valence-corrected chi connectivity index (χ1v) is 12.1. The molecule has 0 atom stereocenters. The molecule has 1 aromatic heterocycles. The van der Waals surface area contributed by atoms with Crippen LogP contribution in [0.25, 0.3) is 0 Å². The van der Waals surface area contributed by atoms with Crippen molar-refractivity contribution >= 4 is 39.4 Å². The predicted octanol–water partition coefficient (Wildman–Crippen LogP) is 3.92. The van der Waals surface area contributed by atoms with Gasteiger partial charge in [-0.1, -0.05) is 40.9 Å². The number of carbonyl (C=O) groups is 3. The van der Waals surface area contributed by atoms with Gasteiger partial charge in [-0.05, 0) is 19.8 Å². The summed E-state index contributed by atoms with van der Waals surface area (Å²) in [6.45, 7) is 2.53. The highest BCUT2D eigenvalue weighted by atomic mass is 33.1. The van der Waals surface area contributed by atoms with Gasteiger partial charge in [0, 0.05) is 23.7 Å². The third-order valence-electron chi connectivity index (χ3n) is 4.41. The van der Waals surface area contributed by atoms with Crippen LogP contribution in [0.3, 0.4) is 0 Å². The average Bonchev–Trinajstić information content (AvgIpc) is 3.08. The van der Waals surface area contributed by atoms with Gasteiger partial charge in [0.1, 0.15) is 0 Å². The smallest absolute Gasteiger partial charge is 0.481 e. The van der Waals surface area contributed by atoms with Crippen LogP contribution in [0.2, 0.25) is 0 Å². The summed E-state index contributed by atoms with van der Waals surface area (Å²) in [5.74, 6) is -2.27.